The summed E-state index contributed by atoms with van der Waals surface area (Å²) in [5.41, 5.74) is 6.80. The van der Waals surface area contributed by atoms with Gasteiger partial charge in [0.2, 0.25) is 0 Å². The predicted octanol–water partition coefficient (Wildman–Crippen LogP) is 11.8. The lowest BCUT2D eigenvalue weighted by atomic mass is 10.0. The number of furan rings is 1. The molecular formula is C40H25NO3. The maximum absolute atomic E-state index is 6.77. The van der Waals surface area contributed by atoms with Crippen LogP contribution in [0.4, 0.5) is 17.1 Å². The molecule has 0 fully saturated rings. The molecule has 0 spiro atoms. The van der Waals surface area contributed by atoms with Crippen LogP contribution < -0.4 is 14.4 Å². The average molecular weight is 568 g/mol. The van der Waals surface area contributed by atoms with E-state index in [9.17, 15) is 0 Å². The number of hydrogen-bond donors (Lipinski definition) is 0. The number of benzene rings is 7. The third kappa shape index (κ3) is 3.92. The van der Waals surface area contributed by atoms with Gasteiger partial charge in [-0.15, -0.1) is 0 Å². The summed E-state index contributed by atoms with van der Waals surface area (Å²) in [6.45, 7) is 0. The van der Waals surface area contributed by atoms with Gasteiger partial charge in [0.15, 0.2) is 11.5 Å². The van der Waals surface area contributed by atoms with E-state index >= 15 is 0 Å². The minimum Gasteiger partial charge on any atom is -0.456 e. The second-order valence-electron chi connectivity index (χ2n) is 10.9. The van der Waals surface area contributed by atoms with Gasteiger partial charge in [-0.1, -0.05) is 91.0 Å². The molecule has 1 aromatic heterocycles. The van der Waals surface area contributed by atoms with E-state index in [1.54, 1.807) is 0 Å². The monoisotopic (exact) mass is 567 g/mol. The summed E-state index contributed by atoms with van der Waals surface area (Å²) >= 11 is 0. The standard InChI is InChI=1S/C40H25NO3/c1-2-9-26(10-3-1)27-19-21-29(22-20-27)41(30-23-24-32-31-13-4-5-15-34(31)42-38(32)25-30)33-14-8-18-37-40(33)44-36-17-7-12-28-11-6-16-35(43-37)39(28)36/h1-25H. The zero-order chi connectivity index (χ0) is 29.0. The van der Waals surface area contributed by atoms with Crippen molar-refractivity contribution in [3.8, 4) is 34.1 Å². The van der Waals surface area contributed by atoms with Crippen molar-refractivity contribution < 1.29 is 13.9 Å². The number of hydrogen-bond acceptors (Lipinski definition) is 4. The molecule has 9 rings (SSSR count). The predicted molar refractivity (Wildman–Crippen MR) is 178 cm³/mol. The van der Waals surface area contributed by atoms with Crippen molar-refractivity contribution in [3.63, 3.8) is 0 Å². The Kier molecular flexibility index (Phi) is 5.47. The van der Waals surface area contributed by atoms with Gasteiger partial charge in [-0.05, 0) is 71.1 Å². The highest BCUT2D eigenvalue weighted by atomic mass is 16.5. The maximum Gasteiger partial charge on any atom is 0.193 e. The first-order valence-corrected chi connectivity index (χ1v) is 14.7. The molecule has 1 aliphatic heterocycles. The maximum atomic E-state index is 6.77. The molecule has 0 saturated heterocycles. The van der Waals surface area contributed by atoms with Crippen molar-refractivity contribution in [1.29, 1.82) is 0 Å². The first-order valence-electron chi connectivity index (χ1n) is 14.7. The number of ether oxygens (including phenoxy) is 2. The first-order chi connectivity index (χ1) is 21.8. The minimum absolute atomic E-state index is 0.646. The van der Waals surface area contributed by atoms with Crippen LogP contribution in [-0.2, 0) is 0 Å². The van der Waals surface area contributed by atoms with Crippen LogP contribution >= 0.6 is 0 Å². The van der Waals surface area contributed by atoms with Gasteiger partial charge < -0.3 is 18.8 Å². The Hall–Kier alpha value is -6.00. The smallest absolute Gasteiger partial charge is 0.193 e. The van der Waals surface area contributed by atoms with E-state index in [0.717, 1.165) is 66.8 Å². The van der Waals surface area contributed by atoms with Crippen LogP contribution in [-0.4, -0.2) is 0 Å². The number of nitrogens with zero attached hydrogens (tertiary/aromatic N) is 1. The molecule has 8 aromatic rings. The van der Waals surface area contributed by atoms with Gasteiger partial charge in [-0.3, -0.25) is 0 Å². The van der Waals surface area contributed by atoms with Crippen LogP contribution in [0, 0.1) is 0 Å². The summed E-state index contributed by atoms with van der Waals surface area (Å²) in [6.07, 6.45) is 0. The lowest BCUT2D eigenvalue weighted by Gasteiger charge is -2.28. The summed E-state index contributed by atoms with van der Waals surface area (Å²) in [5.74, 6) is 2.84. The Morgan fingerprint density at radius 2 is 1.09 bits per heavy atom. The van der Waals surface area contributed by atoms with Crippen LogP contribution in [0.3, 0.4) is 0 Å². The quantitative estimate of drug-likeness (QED) is 0.212. The number of fused-ring (bicyclic) bond motifs is 4. The second-order valence-corrected chi connectivity index (χ2v) is 10.9. The molecule has 0 N–H and O–H groups in total. The Morgan fingerprint density at radius 1 is 0.432 bits per heavy atom. The normalized spacial score (nSPS) is 12.0. The van der Waals surface area contributed by atoms with E-state index < -0.39 is 0 Å². The zero-order valence-corrected chi connectivity index (χ0v) is 23.6. The van der Waals surface area contributed by atoms with E-state index in [2.05, 4.69) is 95.9 Å². The van der Waals surface area contributed by atoms with E-state index in [0.29, 0.717) is 11.5 Å². The molecule has 0 saturated carbocycles. The molecule has 7 aromatic carbocycles. The average Bonchev–Trinajstić information content (AvgIpc) is 3.36. The van der Waals surface area contributed by atoms with Gasteiger partial charge in [-0.25, -0.2) is 0 Å². The molecule has 4 nitrogen and oxygen atoms in total. The number of anilines is 3. The summed E-state index contributed by atoms with van der Waals surface area (Å²) in [4.78, 5) is 2.21. The van der Waals surface area contributed by atoms with Crippen molar-refractivity contribution in [3.05, 3.63) is 152 Å². The number of para-hydroxylation sites is 2. The summed E-state index contributed by atoms with van der Waals surface area (Å²) in [6, 6.07) is 51.8. The highest BCUT2D eigenvalue weighted by Crippen LogP contribution is 2.52. The fraction of sp³-hybridized carbons (Fsp3) is 0. The molecule has 44 heavy (non-hydrogen) atoms. The van der Waals surface area contributed by atoms with E-state index in [-0.39, 0.29) is 0 Å². The van der Waals surface area contributed by atoms with Gasteiger partial charge in [-0.2, -0.15) is 0 Å². The molecule has 2 heterocycles. The fourth-order valence-electron chi connectivity index (χ4n) is 6.25. The van der Waals surface area contributed by atoms with Gasteiger partial charge >= 0.3 is 0 Å². The summed E-state index contributed by atoms with van der Waals surface area (Å²) in [5, 5.41) is 4.21. The second kappa shape index (κ2) is 9.79. The molecule has 208 valence electrons. The highest BCUT2D eigenvalue weighted by Gasteiger charge is 2.26. The van der Waals surface area contributed by atoms with Crippen LogP contribution in [0.1, 0.15) is 0 Å². The Balaban J connectivity index is 1.25. The Labute approximate surface area is 253 Å². The molecule has 0 bridgehead atoms. The third-order valence-electron chi connectivity index (χ3n) is 8.31. The van der Waals surface area contributed by atoms with Crippen molar-refractivity contribution in [2.75, 3.05) is 4.90 Å². The minimum atomic E-state index is 0.646. The van der Waals surface area contributed by atoms with Crippen molar-refractivity contribution >= 4 is 49.8 Å². The Bertz CT molecular complexity index is 2330. The van der Waals surface area contributed by atoms with Crippen LogP contribution in [0.25, 0.3) is 43.8 Å². The molecule has 1 aliphatic rings. The third-order valence-corrected chi connectivity index (χ3v) is 8.31. The van der Waals surface area contributed by atoms with Gasteiger partial charge in [0.25, 0.3) is 0 Å². The SMILES string of the molecule is c1ccc(-c2ccc(N(c3ccc4c(c3)oc3ccccc34)c3cccc4c3Oc3cccc5cccc(c35)O4)cc2)cc1. The van der Waals surface area contributed by atoms with Crippen LogP contribution in [0.2, 0.25) is 0 Å². The molecule has 0 unspecified atom stereocenters. The summed E-state index contributed by atoms with van der Waals surface area (Å²) < 4.78 is 19.6. The lowest BCUT2D eigenvalue weighted by molar-refractivity contribution is 0.440. The van der Waals surface area contributed by atoms with E-state index in [1.165, 1.54) is 5.56 Å². The lowest BCUT2D eigenvalue weighted by Crippen LogP contribution is -2.11. The number of rotatable bonds is 4. The summed E-state index contributed by atoms with van der Waals surface area (Å²) in [7, 11) is 0. The van der Waals surface area contributed by atoms with Crippen LogP contribution in [0.15, 0.2) is 156 Å². The molecule has 0 aliphatic carbocycles. The Morgan fingerprint density at radius 3 is 1.93 bits per heavy atom. The highest BCUT2D eigenvalue weighted by molar-refractivity contribution is 6.06. The van der Waals surface area contributed by atoms with Crippen molar-refractivity contribution in [2.45, 2.75) is 0 Å². The fourth-order valence-corrected chi connectivity index (χ4v) is 6.25. The van der Waals surface area contributed by atoms with E-state index in [1.807, 2.05) is 60.7 Å². The van der Waals surface area contributed by atoms with Crippen molar-refractivity contribution in [2.24, 2.45) is 0 Å². The van der Waals surface area contributed by atoms with E-state index in [4.69, 9.17) is 13.9 Å². The molecule has 0 atom stereocenters. The molecule has 4 heteroatoms. The molecule has 0 radical (unpaired) electrons. The zero-order valence-electron chi connectivity index (χ0n) is 23.6. The largest absolute Gasteiger partial charge is 0.456 e. The van der Waals surface area contributed by atoms with Gasteiger partial charge in [0, 0.05) is 22.5 Å². The molecular weight excluding hydrogens is 542 g/mol. The van der Waals surface area contributed by atoms with Gasteiger partial charge in [0.05, 0.1) is 16.8 Å². The first kappa shape index (κ1) is 24.6. The van der Waals surface area contributed by atoms with Gasteiger partial charge in [0.1, 0.15) is 22.7 Å². The molecule has 0 amide bonds. The topological polar surface area (TPSA) is 34.8 Å². The van der Waals surface area contributed by atoms with Crippen molar-refractivity contribution in [1.82, 2.24) is 0 Å². The van der Waals surface area contributed by atoms with Crippen LogP contribution in [0.5, 0.6) is 23.0 Å².